The molecule has 2 aromatic carbocycles. The van der Waals surface area contributed by atoms with Crippen LogP contribution in [0.1, 0.15) is 11.1 Å². The first-order valence-corrected chi connectivity index (χ1v) is 10.0. The lowest BCUT2D eigenvalue weighted by Crippen LogP contribution is -2.33. The van der Waals surface area contributed by atoms with Crippen molar-refractivity contribution in [2.24, 2.45) is 0 Å². The molecule has 1 saturated heterocycles. The Labute approximate surface area is 183 Å². The largest absolute Gasteiger partial charge is 0.493 e. The van der Waals surface area contributed by atoms with Gasteiger partial charge in [0.05, 0.1) is 19.1 Å². The Bertz CT molecular complexity index is 981. The summed E-state index contributed by atoms with van der Waals surface area (Å²) >= 11 is 6.17. The van der Waals surface area contributed by atoms with E-state index < -0.39 is 18.4 Å². The van der Waals surface area contributed by atoms with Gasteiger partial charge in [0.15, 0.2) is 11.5 Å². The number of aliphatic carboxylic acids is 1. The summed E-state index contributed by atoms with van der Waals surface area (Å²) in [5, 5.41) is 8.96. The predicted molar refractivity (Wildman–Crippen MR) is 118 cm³/mol. The molecule has 9 heteroatoms. The molecule has 1 N–H and O–H groups in total. The first kappa shape index (κ1) is 21.7. The minimum atomic E-state index is -1.13. The number of benzene rings is 2. The van der Waals surface area contributed by atoms with Gasteiger partial charge in [-0.1, -0.05) is 54.3 Å². The van der Waals surface area contributed by atoms with E-state index in [1.54, 1.807) is 18.2 Å². The zero-order valence-corrected chi connectivity index (χ0v) is 17.9. The van der Waals surface area contributed by atoms with Crippen LogP contribution in [0.5, 0.6) is 17.2 Å². The second-order valence-corrected chi connectivity index (χ2v) is 7.87. The average Bonchev–Trinajstić information content (AvgIpc) is 2.99. The summed E-state index contributed by atoms with van der Waals surface area (Å²) in [5.74, 6) is -0.250. The number of carboxylic acids is 1. The number of carboxylic acid groups (broad SMARTS) is 1. The number of methoxy groups -OCH3 is 2. The lowest BCUT2D eigenvalue weighted by atomic mass is 10.1. The number of rotatable bonds is 8. The Kier molecular flexibility index (Phi) is 6.96. The fourth-order valence-electron chi connectivity index (χ4n) is 2.78. The normalized spacial score (nSPS) is 14.9. The molecule has 0 aliphatic carbocycles. The summed E-state index contributed by atoms with van der Waals surface area (Å²) < 4.78 is 17.1. The van der Waals surface area contributed by atoms with Gasteiger partial charge in [-0.2, -0.15) is 0 Å². The van der Waals surface area contributed by atoms with Crippen molar-refractivity contribution >= 4 is 46.3 Å². The Morgan fingerprint density at radius 3 is 2.37 bits per heavy atom. The van der Waals surface area contributed by atoms with Crippen LogP contribution in [-0.4, -0.2) is 47.0 Å². The van der Waals surface area contributed by atoms with E-state index in [1.165, 1.54) is 14.2 Å². The van der Waals surface area contributed by atoms with Gasteiger partial charge >= 0.3 is 5.97 Å². The van der Waals surface area contributed by atoms with Gasteiger partial charge in [-0.25, -0.2) is 0 Å². The second kappa shape index (κ2) is 9.64. The van der Waals surface area contributed by atoms with Crippen molar-refractivity contribution in [1.82, 2.24) is 4.90 Å². The number of hydrogen-bond acceptors (Lipinski definition) is 7. The number of thiocarbonyl (C=S) groups is 1. The SMILES string of the molecule is COc1cc(/C=C2\SC(=S)N(CC(=O)O)C2=O)cc(OC)c1OCc1ccccc1. The lowest BCUT2D eigenvalue weighted by molar-refractivity contribution is -0.140. The van der Waals surface area contributed by atoms with Crippen molar-refractivity contribution in [3.05, 3.63) is 58.5 Å². The molecule has 1 heterocycles. The molecule has 156 valence electrons. The Hall–Kier alpha value is -3.04. The summed E-state index contributed by atoms with van der Waals surface area (Å²) in [6.45, 7) is -0.137. The van der Waals surface area contributed by atoms with Crippen molar-refractivity contribution in [2.45, 2.75) is 6.61 Å². The maximum Gasteiger partial charge on any atom is 0.323 e. The monoisotopic (exact) mass is 445 g/mol. The molecule has 2 aromatic rings. The molecule has 1 aliphatic heterocycles. The number of nitrogens with zero attached hydrogens (tertiary/aromatic N) is 1. The lowest BCUT2D eigenvalue weighted by Gasteiger charge is -2.15. The molecular weight excluding hydrogens is 426 g/mol. The highest BCUT2D eigenvalue weighted by molar-refractivity contribution is 8.26. The van der Waals surface area contributed by atoms with Crippen LogP contribution < -0.4 is 14.2 Å². The molecule has 0 unspecified atom stereocenters. The average molecular weight is 446 g/mol. The molecule has 7 nitrogen and oxygen atoms in total. The van der Waals surface area contributed by atoms with E-state index in [2.05, 4.69) is 0 Å². The summed E-state index contributed by atoms with van der Waals surface area (Å²) in [7, 11) is 3.03. The first-order valence-electron chi connectivity index (χ1n) is 8.83. The van der Waals surface area contributed by atoms with E-state index in [4.69, 9.17) is 31.5 Å². The molecule has 1 aliphatic rings. The molecule has 0 atom stereocenters. The van der Waals surface area contributed by atoms with Gasteiger partial charge in [-0.05, 0) is 29.3 Å². The van der Waals surface area contributed by atoms with Gasteiger partial charge in [0.25, 0.3) is 5.91 Å². The van der Waals surface area contributed by atoms with Crippen LogP contribution in [0.25, 0.3) is 6.08 Å². The van der Waals surface area contributed by atoms with Crippen LogP contribution in [0, 0.1) is 0 Å². The summed E-state index contributed by atoms with van der Waals surface area (Å²) in [4.78, 5) is 24.8. The highest BCUT2D eigenvalue weighted by Crippen LogP contribution is 2.41. The molecule has 0 spiro atoms. The van der Waals surface area contributed by atoms with E-state index in [0.717, 1.165) is 22.2 Å². The number of carbonyl (C=O) groups is 2. The van der Waals surface area contributed by atoms with Crippen molar-refractivity contribution in [3.63, 3.8) is 0 Å². The third-order valence-electron chi connectivity index (χ3n) is 4.17. The zero-order valence-electron chi connectivity index (χ0n) is 16.3. The van der Waals surface area contributed by atoms with Crippen molar-refractivity contribution in [2.75, 3.05) is 20.8 Å². The molecule has 1 amide bonds. The number of hydrogen-bond donors (Lipinski definition) is 1. The fraction of sp³-hybridized carbons (Fsp3) is 0.190. The Morgan fingerprint density at radius 1 is 1.17 bits per heavy atom. The van der Waals surface area contributed by atoms with Crippen molar-refractivity contribution in [1.29, 1.82) is 0 Å². The number of thioether (sulfide) groups is 1. The standard InChI is InChI=1S/C21H19NO6S2/c1-26-15-8-14(10-17-20(25)22(11-18(23)24)21(29)30-17)9-16(27-2)19(15)28-12-13-6-4-3-5-7-13/h3-10H,11-12H2,1-2H3,(H,23,24)/b17-10-. The van der Waals surface area contributed by atoms with Gasteiger partial charge in [-0.15, -0.1) is 0 Å². The zero-order chi connectivity index (χ0) is 21.7. The van der Waals surface area contributed by atoms with Crippen molar-refractivity contribution in [3.8, 4) is 17.2 Å². The number of ether oxygens (including phenoxy) is 3. The van der Waals surface area contributed by atoms with E-state index in [0.29, 0.717) is 34.3 Å². The third-order valence-corrected chi connectivity index (χ3v) is 5.55. The van der Waals surface area contributed by atoms with Gasteiger partial charge in [-0.3, -0.25) is 14.5 Å². The van der Waals surface area contributed by atoms with Gasteiger partial charge in [0, 0.05) is 0 Å². The number of amides is 1. The predicted octanol–water partition coefficient (Wildman–Crippen LogP) is 3.57. The van der Waals surface area contributed by atoms with Gasteiger partial charge in [0.2, 0.25) is 5.75 Å². The van der Waals surface area contributed by atoms with Gasteiger partial charge < -0.3 is 19.3 Å². The van der Waals surface area contributed by atoms with E-state index in [9.17, 15) is 9.59 Å². The van der Waals surface area contributed by atoms with Crippen LogP contribution in [-0.2, 0) is 16.2 Å². The van der Waals surface area contributed by atoms with E-state index >= 15 is 0 Å². The summed E-state index contributed by atoms with van der Waals surface area (Å²) in [6.07, 6.45) is 1.62. The fourth-order valence-corrected chi connectivity index (χ4v) is 4.03. The second-order valence-electron chi connectivity index (χ2n) is 6.19. The van der Waals surface area contributed by atoms with E-state index in [1.807, 2.05) is 30.3 Å². The summed E-state index contributed by atoms with van der Waals surface area (Å²) in [5.41, 5.74) is 1.62. The van der Waals surface area contributed by atoms with Crippen LogP contribution in [0.15, 0.2) is 47.4 Å². The highest BCUT2D eigenvalue weighted by Gasteiger charge is 2.33. The minimum Gasteiger partial charge on any atom is -0.493 e. The van der Waals surface area contributed by atoms with Crippen LogP contribution in [0.2, 0.25) is 0 Å². The Balaban J connectivity index is 1.88. The third kappa shape index (κ3) is 4.92. The smallest absolute Gasteiger partial charge is 0.323 e. The molecule has 0 bridgehead atoms. The maximum absolute atomic E-state index is 12.5. The molecule has 0 saturated carbocycles. The van der Waals surface area contributed by atoms with Crippen LogP contribution >= 0.6 is 24.0 Å². The van der Waals surface area contributed by atoms with E-state index in [-0.39, 0.29) is 4.32 Å². The van der Waals surface area contributed by atoms with Crippen molar-refractivity contribution < 1.29 is 28.9 Å². The Morgan fingerprint density at radius 2 is 1.80 bits per heavy atom. The molecule has 0 radical (unpaired) electrons. The molecule has 30 heavy (non-hydrogen) atoms. The van der Waals surface area contributed by atoms with Crippen LogP contribution in [0.4, 0.5) is 0 Å². The topological polar surface area (TPSA) is 85.3 Å². The van der Waals surface area contributed by atoms with Crippen LogP contribution in [0.3, 0.4) is 0 Å². The molecular formula is C21H19NO6S2. The maximum atomic E-state index is 12.5. The summed E-state index contributed by atoms with van der Waals surface area (Å²) in [6, 6.07) is 13.1. The quantitative estimate of drug-likeness (QED) is 0.488. The molecule has 0 aromatic heterocycles. The first-order chi connectivity index (χ1) is 14.4. The number of carbonyl (C=O) groups excluding carboxylic acids is 1. The highest BCUT2D eigenvalue weighted by atomic mass is 32.2. The molecule has 3 rings (SSSR count). The minimum absolute atomic E-state index is 0.204. The molecule has 1 fully saturated rings. The van der Waals surface area contributed by atoms with Gasteiger partial charge in [0.1, 0.15) is 17.5 Å².